The minimum absolute atomic E-state index is 0.000938. The van der Waals surface area contributed by atoms with Crippen LogP contribution in [0, 0.1) is 10.1 Å². The van der Waals surface area contributed by atoms with Gasteiger partial charge in [-0.3, -0.25) is 10.1 Å². The first-order chi connectivity index (χ1) is 9.99. The molecule has 2 aromatic carbocycles. The van der Waals surface area contributed by atoms with E-state index in [0.717, 1.165) is 0 Å². The van der Waals surface area contributed by atoms with Gasteiger partial charge in [0.25, 0.3) is 5.69 Å². The van der Waals surface area contributed by atoms with Gasteiger partial charge < -0.3 is 10.4 Å². The van der Waals surface area contributed by atoms with Gasteiger partial charge in [-0.25, -0.2) is 4.79 Å². The van der Waals surface area contributed by atoms with E-state index in [1.54, 1.807) is 30.3 Å². The molecule has 108 valence electrons. The minimum atomic E-state index is -1.07. The Morgan fingerprint density at radius 1 is 1.29 bits per heavy atom. The Hall–Kier alpha value is -2.41. The first-order valence-electron chi connectivity index (χ1n) is 5.98. The molecule has 0 bridgehead atoms. The van der Waals surface area contributed by atoms with E-state index in [2.05, 4.69) is 21.2 Å². The van der Waals surface area contributed by atoms with Crippen LogP contribution in [0.1, 0.15) is 15.9 Å². The quantitative estimate of drug-likeness (QED) is 0.633. The van der Waals surface area contributed by atoms with Crippen LogP contribution >= 0.6 is 15.9 Å². The molecule has 0 heterocycles. The van der Waals surface area contributed by atoms with E-state index in [1.807, 2.05) is 0 Å². The van der Waals surface area contributed by atoms with Crippen molar-refractivity contribution in [2.75, 3.05) is 5.32 Å². The molecule has 0 saturated heterocycles. The number of anilines is 1. The van der Waals surface area contributed by atoms with Crippen molar-refractivity contribution in [1.29, 1.82) is 0 Å². The average Bonchev–Trinajstić information content (AvgIpc) is 2.46. The molecule has 0 aliphatic heterocycles. The molecule has 0 aliphatic carbocycles. The van der Waals surface area contributed by atoms with E-state index in [4.69, 9.17) is 5.11 Å². The van der Waals surface area contributed by atoms with Crippen LogP contribution in [0.2, 0.25) is 0 Å². The van der Waals surface area contributed by atoms with Gasteiger partial charge in [0.05, 0.1) is 10.5 Å². The van der Waals surface area contributed by atoms with E-state index in [-0.39, 0.29) is 17.8 Å². The number of aromatic carboxylic acids is 1. The van der Waals surface area contributed by atoms with E-state index in [0.29, 0.717) is 15.7 Å². The maximum atomic E-state index is 11.2. The van der Waals surface area contributed by atoms with Crippen LogP contribution in [0.3, 0.4) is 0 Å². The van der Waals surface area contributed by atoms with Crippen LogP contribution < -0.4 is 5.32 Å². The van der Waals surface area contributed by atoms with E-state index >= 15 is 0 Å². The molecule has 0 atom stereocenters. The maximum absolute atomic E-state index is 11.2. The van der Waals surface area contributed by atoms with Gasteiger partial charge >= 0.3 is 5.97 Å². The van der Waals surface area contributed by atoms with Crippen molar-refractivity contribution < 1.29 is 14.8 Å². The van der Waals surface area contributed by atoms with Gasteiger partial charge in [-0.1, -0.05) is 34.1 Å². The molecular formula is C14H11BrN2O4. The van der Waals surface area contributed by atoms with Gasteiger partial charge in [0.1, 0.15) is 0 Å². The lowest BCUT2D eigenvalue weighted by molar-refractivity contribution is -0.385. The molecule has 21 heavy (non-hydrogen) atoms. The van der Waals surface area contributed by atoms with Crippen molar-refractivity contribution in [3.8, 4) is 0 Å². The number of benzene rings is 2. The molecule has 0 spiro atoms. The number of rotatable bonds is 5. The fraction of sp³-hybridized carbons (Fsp3) is 0.0714. The number of nitro groups is 1. The Morgan fingerprint density at radius 2 is 2.00 bits per heavy atom. The largest absolute Gasteiger partial charge is 0.478 e. The molecule has 2 N–H and O–H groups in total. The van der Waals surface area contributed by atoms with Gasteiger partial charge in [-0.15, -0.1) is 0 Å². The number of hydrogen-bond donors (Lipinski definition) is 2. The van der Waals surface area contributed by atoms with Gasteiger partial charge in [0, 0.05) is 28.3 Å². The zero-order chi connectivity index (χ0) is 15.4. The summed E-state index contributed by atoms with van der Waals surface area (Å²) in [6, 6.07) is 11.1. The average molecular weight is 351 g/mol. The normalized spacial score (nSPS) is 10.1. The number of carbonyl (C=O) groups is 1. The summed E-state index contributed by atoms with van der Waals surface area (Å²) in [5.41, 5.74) is 0.993. The van der Waals surface area contributed by atoms with Gasteiger partial charge in [-0.05, 0) is 18.2 Å². The van der Waals surface area contributed by atoms with Crippen molar-refractivity contribution >= 4 is 33.3 Å². The monoisotopic (exact) mass is 350 g/mol. The second kappa shape index (κ2) is 6.36. The third-order valence-corrected chi connectivity index (χ3v) is 3.36. The highest BCUT2D eigenvalue weighted by Gasteiger charge is 2.14. The summed E-state index contributed by atoms with van der Waals surface area (Å²) in [5, 5.41) is 23.0. The lowest BCUT2D eigenvalue weighted by atomic mass is 10.1. The number of nitro benzene ring substituents is 1. The molecule has 0 fully saturated rings. The summed E-state index contributed by atoms with van der Waals surface area (Å²) in [5.74, 6) is -1.07. The van der Waals surface area contributed by atoms with Gasteiger partial charge in [0.2, 0.25) is 0 Å². The third-order valence-electron chi connectivity index (χ3n) is 2.87. The van der Waals surface area contributed by atoms with Crippen LogP contribution in [0.5, 0.6) is 0 Å². The number of hydrogen-bond acceptors (Lipinski definition) is 4. The molecule has 0 unspecified atom stereocenters. The standard InChI is InChI=1S/C14H11BrN2O4/c15-10-5-6-12(11(7-10)14(18)19)16-8-9-3-1-2-4-13(9)17(20)21/h1-7,16H,8H2,(H,18,19). The van der Waals surface area contributed by atoms with Crippen LogP contribution in [-0.2, 0) is 6.54 Å². The SMILES string of the molecule is O=C(O)c1cc(Br)ccc1NCc1ccccc1[N+](=O)[O-]. The molecule has 0 aromatic heterocycles. The summed E-state index contributed by atoms with van der Waals surface area (Å²) in [4.78, 5) is 21.7. The Labute approximate surface area is 128 Å². The zero-order valence-electron chi connectivity index (χ0n) is 10.7. The Balaban J connectivity index is 2.25. The first kappa shape index (κ1) is 15.0. The predicted molar refractivity (Wildman–Crippen MR) is 81.5 cm³/mol. The van der Waals surface area contributed by atoms with E-state index in [1.165, 1.54) is 12.1 Å². The molecule has 0 saturated carbocycles. The van der Waals surface area contributed by atoms with Gasteiger partial charge in [0.15, 0.2) is 0 Å². The molecule has 0 radical (unpaired) electrons. The maximum Gasteiger partial charge on any atom is 0.337 e. The fourth-order valence-electron chi connectivity index (χ4n) is 1.88. The number of carboxylic acid groups (broad SMARTS) is 1. The van der Waals surface area contributed by atoms with Crippen molar-refractivity contribution in [3.05, 3.63) is 68.2 Å². The topological polar surface area (TPSA) is 92.5 Å². The Morgan fingerprint density at radius 3 is 2.67 bits per heavy atom. The van der Waals surface area contributed by atoms with E-state index < -0.39 is 10.9 Å². The van der Waals surface area contributed by atoms with Crippen LogP contribution in [0.25, 0.3) is 0 Å². The summed E-state index contributed by atoms with van der Waals surface area (Å²) in [7, 11) is 0. The highest BCUT2D eigenvalue weighted by atomic mass is 79.9. The second-order valence-corrected chi connectivity index (χ2v) is 5.15. The van der Waals surface area contributed by atoms with Crippen LogP contribution in [-0.4, -0.2) is 16.0 Å². The van der Waals surface area contributed by atoms with Crippen LogP contribution in [0.4, 0.5) is 11.4 Å². The molecule has 0 aliphatic rings. The molecular weight excluding hydrogens is 340 g/mol. The highest BCUT2D eigenvalue weighted by molar-refractivity contribution is 9.10. The smallest absolute Gasteiger partial charge is 0.337 e. The fourth-order valence-corrected chi connectivity index (χ4v) is 2.24. The number of para-hydroxylation sites is 1. The lowest BCUT2D eigenvalue weighted by Crippen LogP contribution is -2.07. The summed E-state index contributed by atoms with van der Waals surface area (Å²) in [6.45, 7) is 0.166. The Bertz CT molecular complexity index is 703. The van der Waals surface area contributed by atoms with Crippen molar-refractivity contribution in [1.82, 2.24) is 0 Å². The first-order valence-corrected chi connectivity index (χ1v) is 6.77. The Kier molecular flexibility index (Phi) is 4.54. The molecule has 7 heteroatoms. The van der Waals surface area contributed by atoms with Crippen LogP contribution in [0.15, 0.2) is 46.9 Å². The van der Waals surface area contributed by atoms with Crippen molar-refractivity contribution in [3.63, 3.8) is 0 Å². The summed E-state index contributed by atoms with van der Waals surface area (Å²) >= 11 is 3.21. The second-order valence-electron chi connectivity index (χ2n) is 4.23. The van der Waals surface area contributed by atoms with Crippen molar-refractivity contribution in [2.45, 2.75) is 6.54 Å². The number of carboxylic acids is 1. The minimum Gasteiger partial charge on any atom is -0.478 e. The zero-order valence-corrected chi connectivity index (χ0v) is 12.3. The van der Waals surface area contributed by atoms with Crippen molar-refractivity contribution in [2.24, 2.45) is 0 Å². The molecule has 2 rings (SSSR count). The van der Waals surface area contributed by atoms with Gasteiger partial charge in [-0.2, -0.15) is 0 Å². The third kappa shape index (κ3) is 3.57. The number of nitrogens with zero attached hydrogens (tertiary/aromatic N) is 1. The molecule has 0 amide bonds. The number of halogens is 1. The predicted octanol–water partition coefficient (Wildman–Crippen LogP) is 3.67. The summed E-state index contributed by atoms with van der Waals surface area (Å²) in [6.07, 6.45) is 0. The molecule has 2 aromatic rings. The summed E-state index contributed by atoms with van der Waals surface area (Å²) < 4.78 is 0.649. The highest BCUT2D eigenvalue weighted by Crippen LogP contribution is 2.23. The lowest BCUT2D eigenvalue weighted by Gasteiger charge is -2.10. The number of nitrogens with one attached hydrogen (secondary N) is 1. The van der Waals surface area contributed by atoms with E-state index in [9.17, 15) is 14.9 Å². The molecule has 6 nitrogen and oxygen atoms in total.